The third-order valence-corrected chi connectivity index (χ3v) is 4.75. The van der Waals surface area contributed by atoms with Crippen molar-refractivity contribution in [2.75, 3.05) is 56.6 Å². The van der Waals surface area contributed by atoms with Crippen LogP contribution in [0.5, 0.6) is 0 Å². The molecule has 2 saturated heterocycles. The summed E-state index contributed by atoms with van der Waals surface area (Å²) in [6.45, 7) is 4.76. The highest BCUT2D eigenvalue weighted by atomic mass is 19.1. The molecule has 2 aliphatic rings. The fourth-order valence-corrected chi connectivity index (χ4v) is 3.24. The second kappa shape index (κ2) is 7.31. The maximum Gasteiger partial charge on any atom is 0.298 e. The van der Waals surface area contributed by atoms with Gasteiger partial charge < -0.3 is 15.2 Å². The van der Waals surface area contributed by atoms with Gasteiger partial charge in [-0.25, -0.2) is 9.40 Å². The molecule has 0 atom stereocenters. The summed E-state index contributed by atoms with van der Waals surface area (Å²) in [4.78, 5) is 15.1. The molecule has 1 N–H and O–H groups in total. The molecular weight excluding hydrogens is 313 g/mol. The number of nitro groups is 1. The first kappa shape index (κ1) is 16.9. The first-order valence-corrected chi connectivity index (χ1v) is 8.47. The van der Waals surface area contributed by atoms with E-state index in [1.165, 1.54) is 12.1 Å². The number of nitro benzene ring substituents is 1. The largest absolute Gasteiger partial charge is 0.369 e. The van der Waals surface area contributed by atoms with E-state index in [1.807, 2.05) is 17.0 Å². The summed E-state index contributed by atoms with van der Waals surface area (Å²) < 4.78 is 14.6. The lowest BCUT2D eigenvalue weighted by atomic mass is 10.1. The summed E-state index contributed by atoms with van der Waals surface area (Å²) >= 11 is 0. The smallest absolute Gasteiger partial charge is 0.298 e. The van der Waals surface area contributed by atoms with Crippen LogP contribution in [0.25, 0.3) is 0 Å². The van der Waals surface area contributed by atoms with Gasteiger partial charge in [-0.05, 0) is 26.0 Å². The summed E-state index contributed by atoms with van der Waals surface area (Å²) in [5.41, 5.74) is 3.28. The lowest BCUT2D eigenvalue weighted by molar-refractivity contribution is -0.384. The quantitative estimate of drug-likeness (QED) is 0.672. The number of hydrogen-bond donors (Lipinski definition) is 1. The van der Waals surface area contributed by atoms with E-state index >= 15 is 0 Å². The summed E-state index contributed by atoms with van der Waals surface area (Å²) in [6.07, 6.45) is 3.18. The van der Waals surface area contributed by atoms with Crippen molar-refractivity contribution in [2.24, 2.45) is 0 Å². The van der Waals surface area contributed by atoms with Gasteiger partial charge in [0.05, 0.1) is 4.92 Å². The van der Waals surface area contributed by atoms with E-state index in [2.05, 4.69) is 10.3 Å². The molecule has 1 aromatic carbocycles. The average molecular weight is 337 g/mol. The lowest BCUT2D eigenvalue weighted by Gasteiger charge is -2.34. The molecule has 2 heterocycles. The van der Waals surface area contributed by atoms with Crippen LogP contribution < -0.4 is 10.3 Å². The van der Waals surface area contributed by atoms with Crippen LogP contribution in [-0.4, -0.2) is 61.1 Å². The highest BCUT2D eigenvalue weighted by Crippen LogP contribution is 2.34. The summed E-state index contributed by atoms with van der Waals surface area (Å²) in [6, 6.07) is 2.89. The zero-order valence-electron chi connectivity index (χ0n) is 14.0. The van der Waals surface area contributed by atoms with Crippen molar-refractivity contribution >= 4 is 17.1 Å². The van der Waals surface area contributed by atoms with E-state index in [0.29, 0.717) is 5.69 Å². The van der Waals surface area contributed by atoms with Gasteiger partial charge in [0.2, 0.25) is 0 Å². The van der Waals surface area contributed by atoms with E-state index < -0.39 is 10.7 Å². The minimum absolute atomic E-state index is 0.0280. The SMILES string of the molecule is CN1CCN(c2cc(F)c(NN3CCCCC3)c([N+](=O)[O-])c2)CC1. The van der Waals surface area contributed by atoms with Crippen LogP contribution in [0.1, 0.15) is 19.3 Å². The Bertz CT molecular complexity index is 598. The molecular formula is C16H24FN5O2. The molecule has 3 rings (SSSR count). The number of nitrogens with zero attached hydrogens (tertiary/aromatic N) is 4. The Kier molecular flexibility index (Phi) is 5.15. The molecule has 0 bridgehead atoms. The third kappa shape index (κ3) is 3.76. The number of halogens is 1. The van der Waals surface area contributed by atoms with Crippen LogP contribution in [0.15, 0.2) is 12.1 Å². The van der Waals surface area contributed by atoms with Gasteiger partial charge in [-0.3, -0.25) is 10.1 Å². The number of hydrazine groups is 1. The highest BCUT2D eigenvalue weighted by Gasteiger charge is 2.25. The summed E-state index contributed by atoms with van der Waals surface area (Å²) in [7, 11) is 2.03. The number of anilines is 2. The molecule has 132 valence electrons. The lowest BCUT2D eigenvalue weighted by Crippen LogP contribution is -2.44. The predicted molar refractivity (Wildman–Crippen MR) is 91.8 cm³/mol. The average Bonchev–Trinajstić information content (AvgIpc) is 2.58. The molecule has 2 aliphatic heterocycles. The van der Waals surface area contributed by atoms with Crippen molar-refractivity contribution in [3.8, 4) is 0 Å². The normalized spacial score (nSPS) is 20.2. The topological polar surface area (TPSA) is 64.9 Å². The molecule has 0 amide bonds. The van der Waals surface area contributed by atoms with Crippen LogP contribution in [0.3, 0.4) is 0 Å². The van der Waals surface area contributed by atoms with Gasteiger partial charge in [0.15, 0.2) is 11.5 Å². The molecule has 0 spiro atoms. The Morgan fingerprint density at radius 3 is 2.38 bits per heavy atom. The summed E-state index contributed by atoms with van der Waals surface area (Å²) in [5.74, 6) is -0.566. The number of benzene rings is 1. The van der Waals surface area contributed by atoms with Crippen molar-refractivity contribution < 1.29 is 9.31 Å². The van der Waals surface area contributed by atoms with Gasteiger partial charge in [0.25, 0.3) is 5.69 Å². The van der Waals surface area contributed by atoms with Crippen molar-refractivity contribution in [1.82, 2.24) is 9.91 Å². The Labute approximate surface area is 141 Å². The third-order valence-electron chi connectivity index (χ3n) is 4.75. The first-order chi connectivity index (χ1) is 11.5. The molecule has 0 aromatic heterocycles. The van der Waals surface area contributed by atoms with Crippen LogP contribution >= 0.6 is 0 Å². The minimum atomic E-state index is -0.566. The summed E-state index contributed by atoms with van der Waals surface area (Å²) in [5, 5.41) is 13.3. The molecule has 7 nitrogen and oxygen atoms in total. The molecule has 2 fully saturated rings. The van der Waals surface area contributed by atoms with Gasteiger partial charge in [-0.15, -0.1) is 0 Å². The van der Waals surface area contributed by atoms with E-state index in [-0.39, 0.29) is 11.4 Å². The fourth-order valence-electron chi connectivity index (χ4n) is 3.24. The molecule has 0 aliphatic carbocycles. The van der Waals surface area contributed by atoms with Crippen molar-refractivity contribution in [1.29, 1.82) is 0 Å². The van der Waals surface area contributed by atoms with Crippen LogP contribution in [-0.2, 0) is 0 Å². The van der Waals surface area contributed by atoms with Crippen molar-refractivity contribution in [3.63, 3.8) is 0 Å². The number of piperazine rings is 1. The monoisotopic (exact) mass is 337 g/mol. The second-order valence-electron chi connectivity index (χ2n) is 6.53. The number of piperidine rings is 1. The van der Waals surface area contributed by atoms with Gasteiger partial charge in [-0.1, -0.05) is 6.42 Å². The van der Waals surface area contributed by atoms with Gasteiger partial charge >= 0.3 is 0 Å². The molecule has 24 heavy (non-hydrogen) atoms. The molecule has 1 aromatic rings. The number of nitrogens with one attached hydrogen (secondary N) is 1. The minimum Gasteiger partial charge on any atom is -0.369 e. The number of likely N-dealkylation sites (N-methyl/N-ethyl adjacent to an activating group) is 1. The number of rotatable bonds is 4. The van der Waals surface area contributed by atoms with Crippen molar-refractivity contribution in [2.45, 2.75) is 19.3 Å². The van der Waals surface area contributed by atoms with Gasteiger partial charge in [0, 0.05) is 51.0 Å². The first-order valence-electron chi connectivity index (χ1n) is 8.47. The zero-order chi connectivity index (χ0) is 17.1. The van der Waals surface area contributed by atoms with Crippen LogP contribution in [0.2, 0.25) is 0 Å². The van der Waals surface area contributed by atoms with Crippen LogP contribution in [0.4, 0.5) is 21.5 Å². The molecule has 0 radical (unpaired) electrons. The van der Waals surface area contributed by atoms with Gasteiger partial charge in [0.1, 0.15) is 0 Å². The van der Waals surface area contributed by atoms with Crippen molar-refractivity contribution in [3.05, 3.63) is 28.1 Å². The van der Waals surface area contributed by atoms with E-state index in [9.17, 15) is 14.5 Å². The second-order valence-corrected chi connectivity index (χ2v) is 6.53. The maximum absolute atomic E-state index is 14.6. The molecule has 0 unspecified atom stereocenters. The maximum atomic E-state index is 14.6. The Morgan fingerprint density at radius 1 is 1.08 bits per heavy atom. The Hall–Kier alpha value is -1.93. The Balaban J connectivity index is 1.84. The standard InChI is InChI=1S/C16H24FN5O2/c1-19-7-9-20(10-8-19)13-11-14(17)16(15(12-13)22(23)24)18-21-5-3-2-4-6-21/h11-12,18H,2-10H2,1H3. The van der Waals surface area contributed by atoms with E-state index in [4.69, 9.17) is 0 Å². The molecule has 8 heteroatoms. The molecule has 0 saturated carbocycles. The van der Waals surface area contributed by atoms with E-state index in [1.54, 1.807) is 0 Å². The fraction of sp³-hybridized carbons (Fsp3) is 0.625. The highest BCUT2D eigenvalue weighted by molar-refractivity contribution is 5.69. The van der Waals surface area contributed by atoms with Crippen LogP contribution in [0, 0.1) is 15.9 Å². The van der Waals surface area contributed by atoms with E-state index in [0.717, 1.165) is 58.5 Å². The Morgan fingerprint density at radius 2 is 1.75 bits per heavy atom. The predicted octanol–water partition coefficient (Wildman–Crippen LogP) is 2.30. The number of hydrogen-bond acceptors (Lipinski definition) is 6. The van der Waals surface area contributed by atoms with Gasteiger partial charge in [-0.2, -0.15) is 0 Å². The zero-order valence-corrected chi connectivity index (χ0v) is 14.0.